The fraction of sp³-hybridized carbons (Fsp3) is 0.269. The van der Waals surface area contributed by atoms with Gasteiger partial charge in [0.25, 0.3) is 5.82 Å². The average Bonchev–Trinajstić information content (AvgIpc) is 3.26. The molecule has 1 saturated carbocycles. The van der Waals surface area contributed by atoms with Crippen LogP contribution in [0.3, 0.4) is 0 Å². The van der Waals surface area contributed by atoms with E-state index >= 15 is 0 Å². The van der Waals surface area contributed by atoms with E-state index < -0.39 is 11.7 Å². The first-order valence-electron chi connectivity index (χ1n) is 11.6. The number of imidazole rings is 1. The van der Waals surface area contributed by atoms with Gasteiger partial charge in [0.05, 0.1) is 12.6 Å². The Balaban J connectivity index is 1.18. The van der Waals surface area contributed by atoms with Crippen LogP contribution in [0.15, 0.2) is 48.7 Å². The Labute approximate surface area is 202 Å². The van der Waals surface area contributed by atoms with Gasteiger partial charge in [0, 0.05) is 35.7 Å². The number of anilines is 1. The van der Waals surface area contributed by atoms with Crippen molar-refractivity contribution in [3.63, 3.8) is 0 Å². The van der Waals surface area contributed by atoms with Crippen LogP contribution >= 0.6 is 0 Å². The normalized spacial score (nSPS) is 21.9. The van der Waals surface area contributed by atoms with Crippen molar-refractivity contribution in [3.8, 4) is 17.2 Å². The second-order valence-electron chi connectivity index (χ2n) is 9.42. The van der Waals surface area contributed by atoms with Gasteiger partial charge in [0.1, 0.15) is 35.1 Å². The minimum atomic E-state index is -4.40. The summed E-state index contributed by atoms with van der Waals surface area (Å²) in [5.74, 6) is 3.45. The molecule has 4 aromatic rings. The highest BCUT2D eigenvalue weighted by Gasteiger charge is 2.64. The molecule has 7 nitrogen and oxygen atoms in total. The third-order valence-electron chi connectivity index (χ3n) is 7.28. The molecule has 3 atom stereocenters. The highest BCUT2D eigenvalue weighted by Crippen LogP contribution is 2.63. The van der Waals surface area contributed by atoms with E-state index in [4.69, 9.17) is 9.47 Å². The Hall–Kier alpha value is -4.08. The number of H-pyrrole nitrogens is 1. The molecule has 0 spiro atoms. The zero-order valence-electron chi connectivity index (χ0n) is 19.0. The number of carbonyl (C=O) groups excluding carboxylic acids is 1. The predicted molar refractivity (Wildman–Crippen MR) is 122 cm³/mol. The van der Waals surface area contributed by atoms with Crippen LogP contribution < -0.4 is 19.4 Å². The van der Waals surface area contributed by atoms with Crippen LogP contribution in [0.1, 0.15) is 40.8 Å². The van der Waals surface area contributed by atoms with Gasteiger partial charge < -0.3 is 14.8 Å². The Bertz CT molecular complexity index is 1580. The summed E-state index contributed by atoms with van der Waals surface area (Å²) >= 11 is 0. The summed E-state index contributed by atoms with van der Waals surface area (Å²) in [5, 5.41) is 2.78. The highest BCUT2D eigenvalue weighted by atomic mass is 19.4. The first kappa shape index (κ1) is 21.2. The molecule has 36 heavy (non-hydrogen) atoms. The molecule has 182 valence electrons. The molecule has 0 bridgehead atoms. The number of amides is 1. The molecule has 4 heterocycles. The summed E-state index contributed by atoms with van der Waals surface area (Å²) in [6, 6.07) is 11.2. The van der Waals surface area contributed by atoms with Gasteiger partial charge in [-0.25, -0.2) is 14.5 Å². The molecule has 1 amide bonds. The van der Waals surface area contributed by atoms with Gasteiger partial charge in [0.2, 0.25) is 5.91 Å². The summed E-state index contributed by atoms with van der Waals surface area (Å²) < 4.78 is 53.8. The van der Waals surface area contributed by atoms with Crippen LogP contribution in [0.2, 0.25) is 0 Å². The fourth-order valence-electron chi connectivity index (χ4n) is 5.47. The number of fused-ring (bicyclic) bond motifs is 5. The topological polar surface area (TPSA) is 80.1 Å². The maximum atomic E-state index is 13.2. The SMILES string of the molecule is C[n+]1c(C2C3Oc4ccc(Oc5ccnc6c5CCC(=O)N6)cc4C32)[nH]c2cc(C(F)(F)F)ccc21. The van der Waals surface area contributed by atoms with Crippen LogP contribution in [0.4, 0.5) is 19.0 Å². The highest BCUT2D eigenvalue weighted by molar-refractivity contribution is 5.93. The minimum absolute atomic E-state index is 0.00313. The van der Waals surface area contributed by atoms with Gasteiger partial charge in [-0.2, -0.15) is 13.2 Å². The summed E-state index contributed by atoms with van der Waals surface area (Å²) in [7, 11) is 1.85. The van der Waals surface area contributed by atoms with E-state index in [1.165, 1.54) is 6.07 Å². The van der Waals surface area contributed by atoms with Crippen molar-refractivity contribution in [3.05, 3.63) is 71.2 Å². The Morgan fingerprint density at radius 1 is 1.11 bits per heavy atom. The lowest BCUT2D eigenvalue weighted by Crippen LogP contribution is -2.32. The molecule has 10 heteroatoms. The molecule has 2 N–H and O–H groups in total. The molecular weight excluding hydrogens is 473 g/mol. The number of hydrogen-bond donors (Lipinski definition) is 2. The zero-order valence-corrected chi connectivity index (χ0v) is 19.0. The smallest absolute Gasteiger partial charge is 0.416 e. The number of benzene rings is 2. The lowest BCUT2D eigenvalue weighted by Gasteiger charge is -2.19. The Morgan fingerprint density at radius 3 is 2.81 bits per heavy atom. The summed E-state index contributed by atoms with van der Waals surface area (Å²) in [6.45, 7) is 0. The van der Waals surface area contributed by atoms with E-state index in [0.717, 1.165) is 34.8 Å². The molecule has 1 aliphatic carbocycles. The van der Waals surface area contributed by atoms with Crippen molar-refractivity contribution in [1.82, 2.24) is 9.97 Å². The van der Waals surface area contributed by atoms with Gasteiger partial charge >= 0.3 is 6.18 Å². The first-order chi connectivity index (χ1) is 17.3. The number of nitrogens with one attached hydrogen (secondary N) is 2. The minimum Gasteiger partial charge on any atom is -0.488 e. The van der Waals surface area contributed by atoms with Gasteiger partial charge in [-0.1, -0.05) is 0 Å². The van der Waals surface area contributed by atoms with Crippen LogP contribution in [-0.2, 0) is 24.4 Å². The number of ether oxygens (including phenoxy) is 2. The second kappa shape index (κ2) is 7.22. The molecule has 1 fully saturated rings. The van der Waals surface area contributed by atoms with Crippen LogP contribution in [-0.4, -0.2) is 22.0 Å². The lowest BCUT2D eigenvalue weighted by atomic mass is 10.1. The number of alkyl halides is 3. The van der Waals surface area contributed by atoms with E-state index in [1.54, 1.807) is 12.3 Å². The molecule has 7 rings (SSSR count). The number of aromatic nitrogens is 3. The quantitative estimate of drug-likeness (QED) is 0.405. The first-order valence-corrected chi connectivity index (χ1v) is 11.6. The number of nitrogens with zero attached hydrogens (tertiary/aromatic N) is 2. The van der Waals surface area contributed by atoms with E-state index in [2.05, 4.69) is 15.3 Å². The average molecular weight is 493 g/mol. The van der Waals surface area contributed by atoms with Crippen molar-refractivity contribution >= 4 is 22.8 Å². The number of carbonyl (C=O) groups is 1. The van der Waals surface area contributed by atoms with E-state index in [1.807, 2.05) is 29.8 Å². The molecule has 3 unspecified atom stereocenters. The largest absolute Gasteiger partial charge is 0.488 e. The van der Waals surface area contributed by atoms with Crippen molar-refractivity contribution in [2.45, 2.75) is 37.0 Å². The fourth-order valence-corrected chi connectivity index (χ4v) is 5.47. The molecule has 3 aliphatic rings. The Morgan fingerprint density at radius 2 is 1.97 bits per heavy atom. The van der Waals surface area contributed by atoms with Crippen molar-refractivity contribution in [1.29, 1.82) is 0 Å². The Kier molecular flexibility index (Phi) is 4.26. The maximum Gasteiger partial charge on any atom is 0.416 e. The van der Waals surface area contributed by atoms with Crippen molar-refractivity contribution < 1.29 is 32.0 Å². The van der Waals surface area contributed by atoms with Crippen LogP contribution in [0.5, 0.6) is 17.2 Å². The monoisotopic (exact) mass is 493 g/mol. The molecular formula is C26H20F3N4O3+. The molecule has 2 aromatic carbocycles. The van der Waals surface area contributed by atoms with Crippen LogP contribution in [0.25, 0.3) is 11.0 Å². The van der Waals surface area contributed by atoms with E-state index in [-0.39, 0.29) is 23.8 Å². The maximum absolute atomic E-state index is 13.2. The zero-order chi connectivity index (χ0) is 24.8. The third kappa shape index (κ3) is 3.16. The lowest BCUT2D eigenvalue weighted by molar-refractivity contribution is -0.653. The number of pyridine rings is 1. The van der Waals surface area contributed by atoms with E-state index in [9.17, 15) is 18.0 Å². The van der Waals surface area contributed by atoms with Crippen LogP contribution in [0, 0.1) is 0 Å². The summed E-state index contributed by atoms with van der Waals surface area (Å²) in [6.07, 6.45) is -1.95. The number of hydrogen-bond acceptors (Lipinski definition) is 4. The number of aryl methyl sites for hydroxylation is 1. The van der Waals surface area contributed by atoms with Gasteiger partial charge in [-0.15, -0.1) is 0 Å². The standard InChI is InChI=1S/C26H19F3N4O3/c1-33-17-5-2-12(26(27,28)29)10-16(17)31-25(33)22-21-15-11-13(3-6-18(15)36-23(21)22)35-19-8-9-30-24-14(19)4-7-20(34)32-24/h2-3,5-6,8-11,21-23H,4,7H2,1H3,(H,30,32,34)/p+1. The third-order valence-corrected chi connectivity index (χ3v) is 7.28. The molecule has 2 aliphatic heterocycles. The summed E-state index contributed by atoms with van der Waals surface area (Å²) in [5.41, 5.74) is 2.34. The van der Waals surface area contributed by atoms with Gasteiger partial charge in [0.15, 0.2) is 11.0 Å². The van der Waals surface area contributed by atoms with Gasteiger partial charge in [-0.3, -0.25) is 4.79 Å². The van der Waals surface area contributed by atoms with E-state index in [0.29, 0.717) is 41.2 Å². The van der Waals surface area contributed by atoms with Crippen molar-refractivity contribution in [2.24, 2.45) is 7.05 Å². The van der Waals surface area contributed by atoms with Crippen molar-refractivity contribution in [2.75, 3.05) is 5.32 Å². The molecule has 0 radical (unpaired) electrons. The van der Waals surface area contributed by atoms with Gasteiger partial charge in [-0.05, 0) is 42.8 Å². The number of aromatic amines is 1. The summed E-state index contributed by atoms with van der Waals surface area (Å²) in [4.78, 5) is 19.1. The molecule has 0 saturated heterocycles. The molecule has 2 aromatic heterocycles. The number of halogens is 3. The second-order valence-corrected chi connectivity index (χ2v) is 9.42. The predicted octanol–water partition coefficient (Wildman–Crippen LogP) is 4.73. The number of rotatable bonds is 3.